The van der Waals surface area contributed by atoms with Crippen LogP contribution in [0.3, 0.4) is 0 Å². The molecule has 0 spiro atoms. The summed E-state index contributed by atoms with van der Waals surface area (Å²) in [5, 5.41) is 1.56. The van der Waals surface area contributed by atoms with E-state index in [2.05, 4.69) is 130 Å². The van der Waals surface area contributed by atoms with Crippen molar-refractivity contribution in [1.29, 1.82) is 0 Å². The highest BCUT2D eigenvalue weighted by atomic mass is 32.2. The zero-order valence-electron chi connectivity index (χ0n) is 21.4. The maximum absolute atomic E-state index is 13.5. The third-order valence-corrected chi connectivity index (χ3v) is 12.9. The van der Waals surface area contributed by atoms with E-state index in [1.54, 1.807) is 10.9 Å². The van der Waals surface area contributed by atoms with Crippen LogP contribution in [0.5, 0.6) is 0 Å². The summed E-state index contributed by atoms with van der Waals surface area (Å²) >= 11 is -1.17. The van der Waals surface area contributed by atoms with Crippen molar-refractivity contribution >= 4 is 24.6 Å². The molecule has 2 nitrogen and oxygen atoms in total. The van der Waals surface area contributed by atoms with Crippen LogP contribution < -0.4 is 4.72 Å². The van der Waals surface area contributed by atoms with Gasteiger partial charge in [-0.15, -0.1) is 4.72 Å². The SMILES string of the molecule is CC1=C(c2ccccc2)[P@]2C[C@@]1(C)C(c1ccccc1)[C@@H]2[C@H](N[S+]([O-])C(C)(C)C)c1ccccc1. The molecule has 2 bridgehead atoms. The van der Waals surface area contributed by atoms with Crippen LogP contribution in [0.4, 0.5) is 0 Å². The summed E-state index contributed by atoms with van der Waals surface area (Å²) in [5.74, 6) is 0.372. The molecule has 35 heavy (non-hydrogen) atoms. The Bertz CT molecular complexity index is 1190. The smallest absolute Gasteiger partial charge is 0.136 e. The molecule has 0 saturated carbocycles. The third kappa shape index (κ3) is 4.42. The predicted molar refractivity (Wildman–Crippen MR) is 152 cm³/mol. The molecule has 3 aromatic carbocycles. The Morgan fingerprint density at radius 2 is 1.46 bits per heavy atom. The largest absolute Gasteiger partial charge is 0.598 e. The monoisotopic (exact) mass is 501 g/mol. The molecule has 1 N–H and O–H groups in total. The third-order valence-electron chi connectivity index (χ3n) is 7.88. The quantitative estimate of drug-likeness (QED) is 0.275. The van der Waals surface area contributed by atoms with Crippen molar-refractivity contribution in [3.05, 3.63) is 113 Å². The Morgan fingerprint density at radius 1 is 0.914 bits per heavy atom. The average molecular weight is 502 g/mol. The summed E-state index contributed by atoms with van der Waals surface area (Å²) in [6.45, 7) is 11.0. The van der Waals surface area contributed by atoms with Crippen molar-refractivity contribution in [2.24, 2.45) is 5.41 Å². The van der Waals surface area contributed by atoms with Crippen LogP contribution in [0.2, 0.25) is 0 Å². The molecule has 2 heterocycles. The Morgan fingerprint density at radius 3 is 2.03 bits per heavy atom. The van der Waals surface area contributed by atoms with Crippen LogP contribution in [0.1, 0.15) is 63.3 Å². The van der Waals surface area contributed by atoms with Crippen molar-refractivity contribution in [3.63, 3.8) is 0 Å². The molecule has 1 saturated heterocycles. The number of nitrogens with one attached hydrogen (secondary N) is 1. The Labute approximate surface area is 215 Å². The minimum Gasteiger partial charge on any atom is -0.598 e. The first-order valence-electron chi connectivity index (χ1n) is 12.5. The van der Waals surface area contributed by atoms with Gasteiger partial charge in [0, 0.05) is 28.4 Å². The molecule has 182 valence electrons. The van der Waals surface area contributed by atoms with E-state index in [0.29, 0.717) is 11.6 Å². The van der Waals surface area contributed by atoms with Gasteiger partial charge < -0.3 is 4.55 Å². The van der Waals surface area contributed by atoms with E-state index in [1.165, 1.54) is 22.9 Å². The highest BCUT2D eigenvalue weighted by Gasteiger charge is 2.61. The molecule has 5 rings (SSSR count). The number of hydrogen-bond acceptors (Lipinski definition) is 2. The van der Waals surface area contributed by atoms with Gasteiger partial charge in [-0.2, -0.15) is 0 Å². The van der Waals surface area contributed by atoms with Gasteiger partial charge in [0.05, 0.1) is 6.04 Å². The number of benzene rings is 3. The summed E-state index contributed by atoms with van der Waals surface area (Å²) in [6, 6.07) is 32.8. The Balaban J connectivity index is 1.69. The highest BCUT2D eigenvalue weighted by Crippen LogP contribution is 2.80. The molecule has 6 atom stereocenters. The minimum absolute atomic E-state index is 0.0150. The van der Waals surface area contributed by atoms with Crippen molar-refractivity contribution in [1.82, 2.24) is 4.72 Å². The van der Waals surface area contributed by atoms with Gasteiger partial charge in [-0.3, -0.25) is 0 Å². The lowest BCUT2D eigenvalue weighted by Gasteiger charge is -2.43. The highest BCUT2D eigenvalue weighted by molar-refractivity contribution is 7.90. The summed E-state index contributed by atoms with van der Waals surface area (Å²) in [6.07, 6.45) is 1.19. The minimum atomic E-state index is -1.17. The number of allylic oxidation sites excluding steroid dienone is 1. The maximum atomic E-state index is 13.5. The lowest BCUT2D eigenvalue weighted by atomic mass is 9.67. The average Bonchev–Trinajstić information content (AvgIpc) is 3.30. The summed E-state index contributed by atoms with van der Waals surface area (Å²) in [4.78, 5) is 0. The first-order chi connectivity index (χ1) is 16.7. The zero-order chi connectivity index (χ0) is 24.8. The van der Waals surface area contributed by atoms with Gasteiger partial charge in [0.15, 0.2) is 0 Å². The zero-order valence-corrected chi connectivity index (χ0v) is 23.1. The lowest BCUT2D eigenvalue weighted by molar-refractivity contribution is 0.345. The summed E-state index contributed by atoms with van der Waals surface area (Å²) < 4.78 is 16.9. The van der Waals surface area contributed by atoms with Gasteiger partial charge >= 0.3 is 0 Å². The standard InChI is InChI=1S/C31H36NOPS/c1-22-28(25-19-13-8-14-20-25)34-21-31(22,5)26(23-15-9-6-10-16-23)29(34)27(24-17-11-7-12-18-24)32-35(33)30(2,3)4/h6-20,26-27,29,32H,21H2,1-5H3/t26?,27-,29-,31-,34+,35?/m1/s1. The molecule has 4 heteroatoms. The topological polar surface area (TPSA) is 35.1 Å². The number of rotatable bonds is 6. The van der Waals surface area contributed by atoms with Crippen LogP contribution in [0, 0.1) is 5.41 Å². The van der Waals surface area contributed by atoms with Crippen LogP contribution >= 0.6 is 7.92 Å². The Hall–Kier alpha value is -1.90. The first-order valence-corrected chi connectivity index (χ1v) is 15.3. The lowest BCUT2D eigenvalue weighted by Crippen LogP contribution is -2.46. The molecule has 3 aromatic rings. The molecule has 0 amide bonds. The molecule has 0 radical (unpaired) electrons. The second-order valence-electron chi connectivity index (χ2n) is 11.2. The van der Waals surface area contributed by atoms with E-state index in [1.807, 2.05) is 0 Å². The van der Waals surface area contributed by atoms with Crippen LogP contribution in [-0.4, -0.2) is 21.1 Å². The second kappa shape index (κ2) is 9.52. The number of hydrogen-bond donors (Lipinski definition) is 1. The van der Waals surface area contributed by atoms with Crippen molar-refractivity contribution < 1.29 is 4.55 Å². The first kappa shape index (κ1) is 24.8. The molecule has 2 aliphatic rings. The number of fused-ring (bicyclic) bond motifs is 2. The molecule has 2 aliphatic heterocycles. The van der Waals surface area contributed by atoms with Gasteiger partial charge in [0.1, 0.15) is 4.75 Å². The predicted octanol–water partition coefficient (Wildman–Crippen LogP) is 7.88. The normalized spacial score (nSPS) is 27.8. The van der Waals surface area contributed by atoms with Gasteiger partial charge in [0.2, 0.25) is 0 Å². The Kier molecular flexibility index (Phi) is 6.74. The van der Waals surface area contributed by atoms with Gasteiger partial charge in [-0.1, -0.05) is 111 Å². The summed E-state index contributed by atoms with van der Waals surface area (Å²) in [7, 11) is -0.470. The molecular weight excluding hydrogens is 465 g/mol. The molecule has 0 aromatic heterocycles. The van der Waals surface area contributed by atoms with Crippen molar-refractivity contribution in [2.75, 3.05) is 6.16 Å². The molecule has 1 fully saturated rings. The molecular formula is C31H36NOPS. The van der Waals surface area contributed by atoms with Gasteiger partial charge in [-0.05, 0) is 55.9 Å². The maximum Gasteiger partial charge on any atom is 0.136 e. The second-order valence-corrected chi connectivity index (χ2v) is 15.4. The van der Waals surface area contributed by atoms with Crippen molar-refractivity contribution in [3.8, 4) is 0 Å². The van der Waals surface area contributed by atoms with Crippen LogP contribution in [0.15, 0.2) is 96.6 Å². The van der Waals surface area contributed by atoms with E-state index in [-0.39, 0.29) is 16.2 Å². The van der Waals surface area contributed by atoms with Crippen LogP contribution in [0.25, 0.3) is 5.31 Å². The fourth-order valence-electron chi connectivity index (χ4n) is 6.04. The van der Waals surface area contributed by atoms with Crippen molar-refractivity contribution in [2.45, 2.75) is 57.0 Å². The van der Waals surface area contributed by atoms with Gasteiger partial charge in [-0.25, -0.2) is 0 Å². The molecule has 0 aliphatic carbocycles. The molecule has 2 unspecified atom stereocenters. The van der Waals surface area contributed by atoms with E-state index >= 15 is 0 Å². The van der Waals surface area contributed by atoms with E-state index in [9.17, 15) is 4.55 Å². The van der Waals surface area contributed by atoms with Crippen LogP contribution in [-0.2, 0) is 11.4 Å². The van der Waals surface area contributed by atoms with E-state index in [4.69, 9.17) is 0 Å². The van der Waals surface area contributed by atoms with Gasteiger partial charge in [0.25, 0.3) is 0 Å². The fourth-order valence-corrected chi connectivity index (χ4v) is 11.5. The fraction of sp³-hybridized carbons (Fsp3) is 0.355. The van der Waals surface area contributed by atoms with E-state index < -0.39 is 19.3 Å². The van der Waals surface area contributed by atoms with E-state index in [0.717, 1.165) is 0 Å². The summed E-state index contributed by atoms with van der Waals surface area (Å²) in [5.41, 5.74) is 5.98.